The molecule has 4 saturated carbocycles. The molecule has 5 fully saturated rings. The van der Waals surface area contributed by atoms with E-state index < -0.39 is 5.60 Å². The SMILES string of the molecule is CCc1cnc(Nc2cccc(CN3CCOC3=O)c2)nc1N[C@H]1C2CC3CC1C[C@@](O)(C3)C2. The van der Waals surface area contributed by atoms with Gasteiger partial charge >= 0.3 is 6.09 Å². The standard InChI is InChI=1S/C26H33N5O3/c1-2-18-14-27-24(28-21-5-3-4-16(10-21)15-31-6-7-34-25(31)32)30-23(18)29-22-19-8-17-9-20(22)13-26(33,11-17)12-19/h3-5,10,14,17,19-20,22,33H,2,6-9,11-13,15H2,1H3,(H2,27,28,29,30)/t17?,19?,20?,22-,26+. The first-order valence-electron chi connectivity index (χ1n) is 12.6. The molecule has 8 heteroatoms. The Hall–Kier alpha value is -2.87. The number of hydrogen-bond donors (Lipinski definition) is 3. The van der Waals surface area contributed by atoms with Gasteiger partial charge in [0.25, 0.3) is 0 Å². The number of carbonyl (C=O) groups excluding carboxylic acids is 1. The van der Waals surface area contributed by atoms with Crippen molar-refractivity contribution < 1.29 is 14.6 Å². The summed E-state index contributed by atoms with van der Waals surface area (Å²) in [5.41, 5.74) is 2.59. The summed E-state index contributed by atoms with van der Waals surface area (Å²) in [4.78, 5) is 22.9. The number of nitrogens with one attached hydrogen (secondary N) is 2. The highest BCUT2D eigenvalue weighted by atomic mass is 16.6. The Morgan fingerprint density at radius 3 is 2.76 bits per heavy atom. The zero-order valence-corrected chi connectivity index (χ0v) is 19.7. The maximum atomic E-state index is 11.8. The van der Waals surface area contributed by atoms with Crippen LogP contribution in [0.25, 0.3) is 0 Å². The lowest BCUT2D eigenvalue weighted by Crippen LogP contribution is -2.59. The van der Waals surface area contributed by atoms with E-state index in [9.17, 15) is 9.90 Å². The van der Waals surface area contributed by atoms with Gasteiger partial charge in [-0.3, -0.25) is 0 Å². The fourth-order valence-corrected chi connectivity index (χ4v) is 6.89. The first kappa shape index (κ1) is 21.6. The van der Waals surface area contributed by atoms with Gasteiger partial charge in [-0.15, -0.1) is 0 Å². The third-order valence-electron chi connectivity index (χ3n) is 8.19. The summed E-state index contributed by atoms with van der Waals surface area (Å²) in [5.74, 6) is 3.17. The highest BCUT2D eigenvalue weighted by Gasteiger charge is 2.54. The molecular formula is C26H33N5O3. The van der Waals surface area contributed by atoms with Crippen molar-refractivity contribution in [1.82, 2.24) is 14.9 Å². The van der Waals surface area contributed by atoms with Crippen LogP contribution in [0.15, 0.2) is 30.5 Å². The van der Waals surface area contributed by atoms with Crippen molar-refractivity contribution in [2.45, 2.75) is 63.6 Å². The molecule has 8 nitrogen and oxygen atoms in total. The van der Waals surface area contributed by atoms with Crippen molar-refractivity contribution in [3.63, 3.8) is 0 Å². The molecule has 3 N–H and O–H groups in total. The lowest BCUT2D eigenvalue weighted by atomic mass is 9.52. The van der Waals surface area contributed by atoms with Gasteiger partial charge in [-0.25, -0.2) is 9.78 Å². The number of benzene rings is 1. The summed E-state index contributed by atoms with van der Waals surface area (Å²) in [6, 6.07) is 8.35. The number of rotatable bonds is 7. The third-order valence-corrected chi connectivity index (χ3v) is 8.19. The molecule has 0 radical (unpaired) electrons. The fourth-order valence-electron chi connectivity index (χ4n) is 6.89. The monoisotopic (exact) mass is 463 g/mol. The Balaban J connectivity index is 1.18. The molecule has 1 saturated heterocycles. The summed E-state index contributed by atoms with van der Waals surface area (Å²) in [5, 5.41) is 18.1. The van der Waals surface area contributed by atoms with Gasteiger partial charge < -0.3 is 25.4 Å². The highest BCUT2D eigenvalue weighted by molar-refractivity contribution is 5.69. The fraction of sp³-hybridized carbons (Fsp3) is 0.577. The van der Waals surface area contributed by atoms with Crippen LogP contribution in [-0.4, -0.2) is 50.9 Å². The molecule has 2 aromatic rings. The van der Waals surface area contributed by atoms with Crippen molar-refractivity contribution in [3.05, 3.63) is 41.6 Å². The molecule has 4 aliphatic carbocycles. The topological polar surface area (TPSA) is 99.6 Å². The predicted molar refractivity (Wildman–Crippen MR) is 129 cm³/mol. The molecule has 2 heterocycles. The van der Waals surface area contributed by atoms with Crippen LogP contribution in [0.1, 0.15) is 50.2 Å². The third kappa shape index (κ3) is 4.08. The number of cyclic esters (lactones) is 1. The van der Waals surface area contributed by atoms with Crippen molar-refractivity contribution in [3.8, 4) is 0 Å². The van der Waals surface area contributed by atoms with Crippen molar-refractivity contribution in [2.24, 2.45) is 17.8 Å². The molecular weight excluding hydrogens is 430 g/mol. The number of aromatic nitrogens is 2. The lowest BCUT2D eigenvalue weighted by molar-refractivity contribution is -0.129. The van der Waals surface area contributed by atoms with Crippen LogP contribution in [0.5, 0.6) is 0 Å². The number of hydrogen-bond acceptors (Lipinski definition) is 7. The molecule has 2 atom stereocenters. The van der Waals surface area contributed by atoms with E-state index in [1.54, 1.807) is 4.90 Å². The Kier molecular flexibility index (Phi) is 5.36. The molecule has 1 aromatic carbocycles. The minimum Gasteiger partial charge on any atom is -0.448 e. The molecule has 180 valence electrons. The summed E-state index contributed by atoms with van der Waals surface area (Å²) < 4.78 is 5.03. The van der Waals surface area contributed by atoms with Gasteiger partial charge in [0.1, 0.15) is 12.4 Å². The molecule has 7 rings (SSSR count). The second kappa shape index (κ2) is 8.41. The van der Waals surface area contributed by atoms with Crippen LogP contribution in [0.4, 0.5) is 22.2 Å². The quantitative estimate of drug-likeness (QED) is 0.569. The number of aryl methyl sites for hydroxylation is 1. The molecule has 1 amide bonds. The largest absolute Gasteiger partial charge is 0.448 e. The van der Waals surface area contributed by atoms with E-state index in [2.05, 4.69) is 22.5 Å². The average Bonchev–Trinajstić information content (AvgIpc) is 3.20. The number of amides is 1. The first-order chi connectivity index (χ1) is 16.5. The molecule has 2 unspecified atom stereocenters. The normalized spacial score (nSPS) is 31.6. The minimum absolute atomic E-state index is 0.260. The van der Waals surface area contributed by atoms with E-state index in [-0.39, 0.29) is 6.09 Å². The summed E-state index contributed by atoms with van der Waals surface area (Å²) in [7, 11) is 0. The van der Waals surface area contributed by atoms with Crippen molar-refractivity contribution >= 4 is 23.5 Å². The maximum Gasteiger partial charge on any atom is 0.410 e. The van der Waals surface area contributed by atoms with Gasteiger partial charge in [0.05, 0.1) is 12.1 Å². The van der Waals surface area contributed by atoms with E-state index in [4.69, 9.17) is 9.72 Å². The van der Waals surface area contributed by atoms with Crippen molar-refractivity contribution in [2.75, 3.05) is 23.8 Å². The lowest BCUT2D eigenvalue weighted by Gasteiger charge is -2.58. The van der Waals surface area contributed by atoms with Gasteiger partial charge in [0.2, 0.25) is 5.95 Å². The zero-order valence-electron chi connectivity index (χ0n) is 19.7. The Morgan fingerprint density at radius 2 is 2.06 bits per heavy atom. The Morgan fingerprint density at radius 1 is 1.24 bits per heavy atom. The first-order valence-corrected chi connectivity index (χ1v) is 12.6. The van der Waals surface area contributed by atoms with Crippen molar-refractivity contribution in [1.29, 1.82) is 0 Å². The van der Waals surface area contributed by atoms with Gasteiger partial charge in [-0.2, -0.15) is 4.98 Å². The van der Waals surface area contributed by atoms with E-state index >= 15 is 0 Å². The summed E-state index contributed by atoms with van der Waals surface area (Å²) in [6.45, 7) is 3.72. The second-order valence-electron chi connectivity index (χ2n) is 10.6. The molecule has 1 aromatic heterocycles. The van der Waals surface area contributed by atoms with Gasteiger partial charge in [-0.1, -0.05) is 19.1 Å². The van der Waals surface area contributed by atoms with E-state index in [0.29, 0.717) is 49.4 Å². The van der Waals surface area contributed by atoms with E-state index in [1.807, 2.05) is 30.5 Å². The van der Waals surface area contributed by atoms with Crippen LogP contribution >= 0.6 is 0 Å². The summed E-state index contributed by atoms with van der Waals surface area (Å²) >= 11 is 0. The number of anilines is 3. The van der Waals surface area contributed by atoms with Crippen LogP contribution in [0.3, 0.4) is 0 Å². The van der Waals surface area contributed by atoms with Crippen LogP contribution in [0.2, 0.25) is 0 Å². The van der Waals surface area contributed by atoms with Gasteiger partial charge in [-0.05, 0) is 74.0 Å². The Bertz CT molecular complexity index is 1080. The molecule has 4 bridgehead atoms. The Labute approximate surface area is 200 Å². The number of nitrogens with zero attached hydrogens (tertiary/aromatic N) is 3. The molecule has 0 spiro atoms. The minimum atomic E-state index is -0.433. The van der Waals surface area contributed by atoms with Crippen LogP contribution in [-0.2, 0) is 17.7 Å². The number of ether oxygens (including phenoxy) is 1. The maximum absolute atomic E-state index is 11.8. The summed E-state index contributed by atoms with van der Waals surface area (Å²) in [6.07, 6.45) is 7.75. The van der Waals surface area contributed by atoms with Gasteiger partial charge in [0, 0.05) is 30.0 Å². The van der Waals surface area contributed by atoms with Crippen LogP contribution in [0, 0.1) is 17.8 Å². The number of aliphatic hydroxyl groups is 1. The smallest absolute Gasteiger partial charge is 0.410 e. The average molecular weight is 464 g/mol. The van der Waals surface area contributed by atoms with Crippen LogP contribution < -0.4 is 10.6 Å². The highest BCUT2D eigenvalue weighted by Crippen LogP contribution is 2.56. The van der Waals surface area contributed by atoms with Gasteiger partial charge in [0.15, 0.2) is 0 Å². The molecule has 5 aliphatic rings. The number of carbonyl (C=O) groups is 1. The van der Waals surface area contributed by atoms with E-state index in [1.165, 1.54) is 12.8 Å². The molecule has 34 heavy (non-hydrogen) atoms. The second-order valence-corrected chi connectivity index (χ2v) is 10.6. The predicted octanol–water partition coefficient (Wildman–Crippen LogP) is 4.09. The molecule has 1 aliphatic heterocycles. The zero-order chi connectivity index (χ0) is 23.3. The van der Waals surface area contributed by atoms with E-state index in [0.717, 1.165) is 48.3 Å².